The van der Waals surface area contributed by atoms with Crippen LogP contribution in [0.1, 0.15) is 26.3 Å². The number of rotatable bonds is 0. The number of hydrogen-bond donors (Lipinski definition) is 0. The second-order valence-electron chi connectivity index (χ2n) is 3.83. The molecule has 0 atom stereocenters. The van der Waals surface area contributed by atoms with E-state index >= 15 is 0 Å². The van der Waals surface area contributed by atoms with Crippen LogP contribution in [0.3, 0.4) is 0 Å². The quantitative estimate of drug-likeness (QED) is 0.661. The molecular weight excluding hydrogens is 361 g/mol. The number of benzene rings is 1. The summed E-state index contributed by atoms with van der Waals surface area (Å²) in [6.45, 7) is 6.52. The van der Waals surface area contributed by atoms with Crippen LogP contribution in [0.2, 0.25) is 0 Å². The number of hydrogen-bond acceptors (Lipinski definition) is 0. The van der Waals surface area contributed by atoms with Gasteiger partial charge in [-0.2, -0.15) is 0 Å². The first kappa shape index (κ1) is 12.5. The molecule has 1 aromatic carbocycles. The third-order valence-electron chi connectivity index (χ3n) is 1.75. The molecule has 0 aliphatic carbocycles. The fraction of sp³-hybridized carbons (Fsp3) is 0.400. The van der Waals surface area contributed by atoms with Crippen LogP contribution in [-0.2, 0) is 5.41 Å². The molecule has 1 radical (unpaired) electrons. The van der Waals surface area contributed by atoms with Gasteiger partial charge in [-0.15, -0.1) is 5.69 Å². The standard InChI is InChI=1S/C10H14N.Ac/c1-10(2,3)8-4-6-9(11)7-5-8;/h4-7,11H,1-3H3;/q-1;. The van der Waals surface area contributed by atoms with E-state index in [1.807, 2.05) is 24.3 Å². The Kier molecular flexibility index (Phi) is 4.81. The summed E-state index contributed by atoms with van der Waals surface area (Å²) in [5.74, 6) is 0. The zero-order valence-corrected chi connectivity index (χ0v) is 12.6. The molecule has 0 aromatic heterocycles. The monoisotopic (exact) mass is 375 g/mol. The first-order valence-corrected chi connectivity index (χ1v) is 3.82. The van der Waals surface area contributed by atoms with E-state index in [4.69, 9.17) is 5.73 Å². The number of nitrogens with one attached hydrogen (secondary N) is 1. The van der Waals surface area contributed by atoms with Gasteiger partial charge in [-0.25, -0.2) is 0 Å². The van der Waals surface area contributed by atoms with Crippen molar-refractivity contribution in [1.82, 2.24) is 0 Å². The smallest absolute Gasteiger partial charge is 0 e. The van der Waals surface area contributed by atoms with Gasteiger partial charge in [-0.3, -0.25) is 0 Å². The Morgan fingerprint density at radius 3 is 1.75 bits per heavy atom. The van der Waals surface area contributed by atoms with Crippen LogP contribution in [0.4, 0.5) is 5.69 Å². The molecule has 0 fully saturated rings. The average Bonchev–Trinajstić information content (AvgIpc) is 1.86. The molecule has 1 rings (SSSR count). The molecule has 1 nitrogen and oxygen atoms in total. The maximum Gasteiger partial charge on any atom is 0 e. The Morgan fingerprint density at radius 1 is 1.00 bits per heavy atom. The Balaban J connectivity index is 0.00000121. The van der Waals surface area contributed by atoms with E-state index in [-0.39, 0.29) is 49.5 Å². The SMILES string of the molecule is CC(C)(C)c1ccc([NH-])cc1.[Ac]. The summed E-state index contributed by atoms with van der Waals surface area (Å²) in [6.07, 6.45) is 0. The first-order chi connectivity index (χ1) is 5.00. The van der Waals surface area contributed by atoms with Crippen LogP contribution in [0, 0.1) is 44.1 Å². The predicted molar refractivity (Wildman–Crippen MR) is 49.1 cm³/mol. The summed E-state index contributed by atoms with van der Waals surface area (Å²) in [5.41, 5.74) is 9.37. The molecule has 0 amide bonds. The van der Waals surface area contributed by atoms with Crippen molar-refractivity contribution in [2.75, 3.05) is 0 Å². The van der Waals surface area contributed by atoms with E-state index in [9.17, 15) is 0 Å². The summed E-state index contributed by atoms with van der Waals surface area (Å²) >= 11 is 0. The van der Waals surface area contributed by atoms with Gasteiger partial charge in [-0.1, -0.05) is 45.0 Å². The molecule has 0 heterocycles. The maximum atomic E-state index is 7.30. The zero-order valence-electron chi connectivity index (χ0n) is 7.89. The van der Waals surface area contributed by atoms with E-state index in [1.165, 1.54) is 5.56 Å². The van der Waals surface area contributed by atoms with Crippen LogP contribution in [-0.4, -0.2) is 0 Å². The van der Waals surface area contributed by atoms with Gasteiger partial charge in [-0.05, 0) is 11.0 Å². The van der Waals surface area contributed by atoms with Gasteiger partial charge in [0.05, 0.1) is 0 Å². The van der Waals surface area contributed by atoms with Gasteiger partial charge in [0.25, 0.3) is 0 Å². The third kappa shape index (κ3) is 3.46. The van der Waals surface area contributed by atoms with Crippen molar-refractivity contribution in [2.24, 2.45) is 0 Å². The van der Waals surface area contributed by atoms with Crippen molar-refractivity contribution in [3.8, 4) is 0 Å². The molecule has 0 saturated heterocycles. The second kappa shape index (κ2) is 4.63. The fourth-order valence-corrected chi connectivity index (χ4v) is 0.970. The van der Waals surface area contributed by atoms with E-state index in [2.05, 4.69) is 20.8 Å². The van der Waals surface area contributed by atoms with E-state index < -0.39 is 0 Å². The second-order valence-corrected chi connectivity index (χ2v) is 3.83. The predicted octanol–water partition coefficient (Wildman–Crippen LogP) is 3.67. The molecule has 63 valence electrons. The molecular formula is C10H14AcN-. The van der Waals surface area contributed by atoms with Gasteiger partial charge in [0.1, 0.15) is 0 Å². The summed E-state index contributed by atoms with van der Waals surface area (Å²) in [5, 5.41) is 0. The van der Waals surface area contributed by atoms with Crippen molar-refractivity contribution >= 4 is 5.69 Å². The maximum absolute atomic E-state index is 7.30. The molecule has 2 heteroatoms. The van der Waals surface area contributed by atoms with Gasteiger partial charge >= 0.3 is 0 Å². The molecule has 0 aliphatic heterocycles. The van der Waals surface area contributed by atoms with Crippen LogP contribution in [0.15, 0.2) is 24.3 Å². The molecule has 0 bridgehead atoms. The average molecular weight is 375 g/mol. The van der Waals surface area contributed by atoms with Crippen molar-refractivity contribution in [3.63, 3.8) is 0 Å². The van der Waals surface area contributed by atoms with Gasteiger partial charge in [0.15, 0.2) is 0 Å². The third-order valence-corrected chi connectivity index (χ3v) is 1.75. The fourth-order valence-electron chi connectivity index (χ4n) is 0.970. The van der Waals surface area contributed by atoms with Crippen LogP contribution >= 0.6 is 0 Å². The van der Waals surface area contributed by atoms with E-state index in [0.29, 0.717) is 5.69 Å². The van der Waals surface area contributed by atoms with Crippen molar-refractivity contribution in [2.45, 2.75) is 26.2 Å². The molecule has 1 aromatic rings. The largest absolute Gasteiger partial charge is 0.699 e. The van der Waals surface area contributed by atoms with E-state index in [0.717, 1.165) is 0 Å². The molecule has 0 saturated carbocycles. The summed E-state index contributed by atoms with van der Waals surface area (Å²) < 4.78 is 0. The molecule has 12 heavy (non-hydrogen) atoms. The Labute approximate surface area is 110 Å². The molecule has 0 aliphatic rings. The van der Waals surface area contributed by atoms with Crippen molar-refractivity contribution in [3.05, 3.63) is 35.6 Å². The van der Waals surface area contributed by atoms with Gasteiger partial charge < -0.3 is 5.73 Å². The minimum Gasteiger partial charge on any atom is -0.699 e. The Hall–Kier alpha value is 0.462. The zero-order chi connectivity index (χ0) is 8.48. The van der Waals surface area contributed by atoms with Crippen molar-refractivity contribution < 1.29 is 44.1 Å². The normalized spacial score (nSPS) is 10.6. The first-order valence-electron chi connectivity index (χ1n) is 3.82. The summed E-state index contributed by atoms with van der Waals surface area (Å²) in [7, 11) is 0. The van der Waals surface area contributed by atoms with Gasteiger partial charge in [0, 0.05) is 44.1 Å². The Bertz CT molecular complexity index is 233. The summed E-state index contributed by atoms with van der Waals surface area (Å²) in [6, 6.07) is 7.70. The van der Waals surface area contributed by atoms with E-state index in [1.54, 1.807) is 0 Å². The molecule has 1 N–H and O–H groups in total. The topological polar surface area (TPSA) is 23.8 Å². The molecule has 0 spiro atoms. The minimum absolute atomic E-state index is 0. The van der Waals surface area contributed by atoms with Crippen molar-refractivity contribution in [1.29, 1.82) is 0 Å². The minimum atomic E-state index is 0. The van der Waals surface area contributed by atoms with Crippen LogP contribution in [0.5, 0.6) is 0 Å². The Morgan fingerprint density at radius 2 is 1.42 bits per heavy atom. The summed E-state index contributed by atoms with van der Waals surface area (Å²) in [4.78, 5) is 0. The van der Waals surface area contributed by atoms with Crippen LogP contribution < -0.4 is 0 Å². The molecule has 0 unspecified atom stereocenters. The van der Waals surface area contributed by atoms with Crippen LogP contribution in [0.25, 0.3) is 5.73 Å². The van der Waals surface area contributed by atoms with Gasteiger partial charge in [0.2, 0.25) is 0 Å².